The number of nitrogens with zero attached hydrogens (tertiary/aromatic N) is 1. The molecule has 2 atom stereocenters. The van der Waals surface area contributed by atoms with Crippen molar-refractivity contribution in [1.29, 1.82) is 0 Å². The standard InChI is InChI=1S/C19H23NO4S/c1-13(19(21)20(2)17-8-9-25(22,23)12-17)14-4-5-16-11-18(24-3)7-6-15(16)10-14/h4-7,10-11,13,17H,8-9,12H2,1-3H3/t13-,17-/m0/s1. The summed E-state index contributed by atoms with van der Waals surface area (Å²) < 4.78 is 28.6. The Kier molecular flexibility index (Phi) is 4.73. The SMILES string of the molecule is COc1ccc2cc([C@H](C)C(=O)N(C)[C@H]3CCS(=O)(=O)C3)ccc2c1. The van der Waals surface area contributed by atoms with Crippen molar-refractivity contribution in [2.75, 3.05) is 25.7 Å². The highest BCUT2D eigenvalue weighted by Crippen LogP contribution is 2.27. The molecule has 5 nitrogen and oxygen atoms in total. The Bertz CT molecular complexity index is 907. The molecule has 0 unspecified atom stereocenters. The molecule has 0 aromatic heterocycles. The predicted molar refractivity (Wildman–Crippen MR) is 98.7 cm³/mol. The normalized spacial score (nSPS) is 20.4. The molecule has 2 aromatic rings. The Morgan fingerprint density at radius 2 is 1.88 bits per heavy atom. The van der Waals surface area contributed by atoms with E-state index < -0.39 is 9.84 Å². The number of benzene rings is 2. The Morgan fingerprint density at radius 1 is 1.20 bits per heavy atom. The molecule has 25 heavy (non-hydrogen) atoms. The summed E-state index contributed by atoms with van der Waals surface area (Å²) in [5.41, 5.74) is 0.926. The van der Waals surface area contributed by atoms with Gasteiger partial charge in [-0.3, -0.25) is 4.79 Å². The third-order valence-corrected chi connectivity index (χ3v) is 6.80. The van der Waals surface area contributed by atoms with Gasteiger partial charge >= 0.3 is 0 Å². The van der Waals surface area contributed by atoms with Crippen molar-refractivity contribution in [2.24, 2.45) is 0 Å². The van der Waals surface area contributed by atoms with Crippen molar-refractivity contribution < 1.29 is 17.9 Å². The van der Waals surface area contributed by atoms with Gasteiger partial charge in [0.1, 0.15) is 5.75 Å². The molecule has 1 heterocycles. The van der Waals surface area contributed by atoms with Gasteiger partial charge in [0, 0.05) is 13.1 Å². The van der Waals surface area contributed by atoms with Crippen LogP contribution < -0.4 is 4.74 Å². The molecule has 1 aliphatic heterocycles. The number of fused-ring (bicyclic) bond motifs is 1. The molecule has 1 saturated heterocycles. The van der Waals surface area contributed by atoms with Gasteiger partial charge in [0.25, 0.3) is 0 Å². The summed E-state index contributed by atoms with van der Waals surface area (Å²) in [6, 6.07) is 11.6. The van der Waals surface area contributed by atoms with Gasteiger partial charge in [-0.25, -0.2) is 8.42 Å². The number of hydrogen-bond donors (Lipinski definition) is 0. The van der Waals surface area contributed by atoms with E-state index in [2.05, 4.69) is 0 Å². The van der Waals surface area contributed by atoms with Crippen LogP contribution in [0.3, 0.4) is 0 Å². The number of carbonyl (C=O) groups excluding carboxylic acids is 1. The zero-order valence-corrected chi connectivity index (χ0v) is 15.5. The van der Waals surface area contributed by atoms with Crippen LogP contribution in [0.25, 0.3) is 10.8 Å². The molecular weight excluding hydrogens is 338 g/mol. The Balaban J connectivity index is 1.81. The first-order valence-electron chi connectivity index (χ1n) is 8.35. The van der Waals surface area contributed by atoms with E-state index in [1.54, 1.807) is 19.1 Å². The molecule has 0 N–H and O–H groups in total. The van der Waals surface area contributed by atoms with Crippen LogP contribution in [0.2, 0.25) is 0 Å². The number of carbonyl (C=O) groups is 1. The van der Waals surface area contributed by atoms with Gasteiger partial charge in [0.2, 0.25) is 5.91 Å². The lowest BCUT2D eigenvalue weighted by Crippen LogP contribution is -2.40. The highest BCUT2D eigenvalue weighted by molar-refractivity contribution is 7.91. The Morgan fingerprint density at radius 3 is 2.52 bits per heavy atom. The zero-order valence-electron chi connectivity index (χ0n) is 14.7. The number of sulfone groups is 1. The van der Waals surface area contributed by atoms with Gasteiger partial charge in [0.05, 0.1) is 24.5 Å². The number of likely N-dealkylation sites (N-methyl/N-ethyl adjacent to an activating group) is 1. The summed E-state index contributed by atoms with van der Waals surface area (Å²) in [5, 5.41) is 2.10. The molecule has 0 aliphatic carbocycles. The van der Waals surface area contributed by atoms with Crippen molar-refractivity contribution in [3.63, 3.8) is 0 Å². The Hall–Kier alpha value is -2.08. The molecule has 0 saturated carbocycles. The lowest BCUT2D eigenvalue weighted by Gasteiger charge is -2.27. The molecule has 134 valence electrons. The minimum absolute atomic E-state index is 0.0463. The van der Waals surface area contributed by atoms with E-state index in [4.69, 9.17) is 4.74 Å². The molecule has 3 rings (SSSR count). The monoisotopic (exact) mass is 361 g/mol. The minimum Gasteiger partial charge on any atom is -0.497 e. The van der Waals surface area contributed by atoms with E-state index in [1.807, 2.05) is 43.3 Å². The second kappa shape index (κ2) is 6.67. The van der Waals surface area contributed by atoms with E-state index in [-0.39, 0.29) is 29.4 Å². The van der Waals surface area contributed by atoms with Gasteiger partial charge in [-0.05, 0) is 41.8 Å². The number of rotatable bonds is 4. The number of methoxy groups -OCH3 is 1. The van der Waals surface area contributed by atoms with E-state index in [9.17, 15) is 13.2 Å². The van der Waals surface area contributed by atoms with Gasteiger partial charge in [-0.2, -0.15) is 0 Å². The first-order chi connectivity index (χ1) is 11.8. The summed E-state index contributed by atoms with van der Waals surface area (Å²) in [7, 11) is 0.333. The number of hydrogen-bond acceptors (Lipinski definition) is 4. The fourth-order valence-corrected chi connectivity index (χ4v) is 5.12. The van der Waals surface area contributed by atoms with Crippen molar-refractivity contribution in [3.05, 3.63) is 42.0 Å². The fraction of sp³-hybridized carbons (Fsp3) is 0.421. The van der Waals surface area contributed by atoms with E-state index in [0.29, 0.717) is 6.42 Å². The second-order valence-corrected chi connectivity index (χ2v) is 8.93. The topological polar surface area (TPSA) is 63.7 Å². The largest absolute Gasteiger partial charge is 0.497 e. The van der Waals surface area contributed by atoms with E-state index >= 15 is 0 Å². The molecule has 2 aromatic carbocycles. The first kappa shape index (κ1) is 17.7. The molecule has 1 amide bonds. The average molecular weight is 361 g/mol. The highest BCUT2D eigenvalue weighted by Gasteiger charge is 2.34. The molecule has 1 fully saturated rings. The van der Waals surface area contributed by atoms with Gasteiger partial charge in [-0.15, -0.1) is 0 Å². The zero-order chi connectivity index (χ0) is 18.2. The third-order valence-electron chi connectivity index (χ3n) is 5.05. The predicted octanol–water partition coefficient (Wildman–Crippen LogP) is 2.60. The summed E-state index contributed by atoms with van der Waals surface area (Å²) in [5.74, 6) is 0.669. The number of amides is 1. The maximum Gasteiger partial charge on any atom is 0.229 e. The van der Waals surface area contributed by atoms with Crippen LogP contribution in [0.5, 0.6) is 5.75 Å². The lowest BCUT2D eigenvalue weighted by molar-refractivity contribution is -0.132. The van der Waals surface area contributed by atoms with Gasteiger partial charge in [0.15, 0.2) is 9.84 Å². The van der Waals surface area contributed by atoms with Crippen molar-refractivity contribution in [3.8, 4) is 5.75 Å². The summed E-state index contributed by atoms with van der Waals surface area (Å²) in [4.78, 5) is 14.4. The summed E-state index contributed by atoms with van der Waals surface area (Å²) >= 11 is 0. The molecule has 0 radical (unpaired) electrons. The smallest absolute Gasteiger partial charge is 0.229 e. The molecular formula is C19H23NO4S. The van der Waals surface area contributed by atoms with Crippen molar-refractivity contribution in [1.82, 2.24) is 4.90 Å². The van der Waals surface area contributed by atoms with Crippen LogP contribution in [0.15, 0.2) is 36.4 Å². The van der Waals surface area contributed by atoms with Crippen LogP contribution in [-0.4, -0.2) is 50.9 Å². The van der Waals surface area contributed by atoms with Crippen molar-refractivity contribution >= 4 is 26.5 Å². The maximum absolute atomic E-state index is 12.8. The van der Waals surface area contributed by atoms with Crippen LogP contribution in [0, 0.1) is 0 Å². The van der Waals surface area contributed by atoms with Crippen LogP contribution in [-0.2, 0) is 14.6 Å². The molecule has 0 bridgehead atoms. The lowest BCUT2D eigenvalue weighted by atomic mass is 9.96. The minimum atomic E-state index is -3.01. The molecule has 6 heteroatoms. The van der Waals surface area contributed by atoms with E-state index in [0.717, 1.165) is 22.1 Å². The molecule has 1 aliphatic rings. The van der Waals surface area contributed by atoms with Crippen LogP contribution in [0.1, 0.15) is 24.8 Å². The quantitative estimate of drug-likeness (QED) is 0.840. The van der Waals surface area contributed by atoms with Crippen LogP contribution in [0.4, 0.5) is 0 Å². The van der Waals surface area contributed by atoms with Gasteiger partial charge in [-0.1, -0.05) is 24.3 Å². The first-order valence-corrected chi connectivity index (χ1v) is 10.2. The maximum atomic E-state index is 12.8. The second-order valence-electron chi connectivity index (χ2n) is 6.70. The van der Waals surface area contributed by atoms with Crippen molar-refractivity contribution in [2.45, 2.75) is 25.3 Å². The number of ether oxygens (including phenoxy) is 1. The fourth-order valence-electron chi connectivity index (χ4n) is 3.35. The average Bonchev–Trinajstić information content (AvgIpc) is 2.98. The third kappa shape index (κ3) is 3.63. The molecule has 0 spiro atoms. The van der Waals surface area contributed by atoms with Gasteiger partial charge < -0.3 is 9.64 Å². The van der Waals surface area contributed by atoms with Crippen LogP contribution >= 0.6 is 0 Å². The Labute approximate surface area is 148 Å². The highest BCUT2D eigenvalue weighted by atomic mass is 32.2. The van der Waals surface area contributed by atoms with E-state index in [1.165, 1.54) is 0 Å². The summed E-state index contributed by atoms with van der Waals surface area (Å²) in [6.45, 7) is 1.87. The summed E-state index contributed by atoms with van der Waals surface area (Å²) in [6.07, 6.45) is 0.523.